The van der Waals surface area contributed by atoms with Crippen LogP contribution in [0.1, 0.15) is 72.6 Å². The lowest BCUT2D eigenvalue weighted by molar-refractivity contribution is -0.135. The van der Waals surface area contributed by atoms with Crippen molar-refractivity contribution in [2.24, 2.45) is 0 Å². The van der Waals surface area contributed by atoms with Crippen molar-refractivity contribution >= 4 is 24.0 Å². The van der Waals surface area contributed by atoms with Crippen LogP contribution in [0.4, 0.5) is 9.59 Å². The monoisotopic (exact) mass is 836 g/mol. The zero-order chi connectivity index (χ0) is 43.2. The molecule has 0 unspecified atom stereocenters. The van der Waals surface area contributed by atoms with Crippen LogP contribution >= 0.6 is 0 Å². The molecule has 15 heteroatoms. The fourth-order valence-corrected chi connectivity index (χ4v) is 8.41. The number of alkyl carbamates (subject to hydrolysis) is 2. The minimum atomic E-state index is -0.915. The maximum Gasteiger partial charge on any atom is 0.407 e. The molecule has 2 saturated heterocycles. The number of ether oxygens (including phenoxy) is 3. The van der Waals surface area contributed by atoms with Gasteiger partial charge >= 0.3 is 12.2 Å². The first-order valence-corrected chi connectivity index (χ1v) is 20.6. The molecule has 15 nitrogen and oxygen atoms in total. The summed E-state index contributed by atoms with van der Waals surface area (Å²) in [6.07, 6.45) is 5.26. The molecule has 0 aliphatic carbocycles. The van der Waals surface area contributed by atoms with Crippen LogP contribution in [0.15, 0.2) is 116 Å². The number of imidazole rings is 2. The molecule has 4 amide bonds. The Hall–Kier alpha value is -7.42. The van der Waals surface area contributed by atoms with Gasteiger partial charge in [-0.2, -0.15) is 0 Å². The number of methoxy groups -OCH3 is 3. The van der Waals surface area contributed by atoms with Crippen LogP contribution in [0.25, 0.3) is 33.6 Å². The topological polar surface area (TPSA) is 184 Å². The number of aromatic nitrogens is 4. The van der Waals surface area contributed by atoms with E-state index in [4.69, 9.17) is 24.2 Å². The Morgan fingerprint density at radius 1 is 0.677 bits per heavy atom. The number of nitrogens with zero attached hydrogens (tertiary/aromatic N) is 4. The summed E-state index contributed by atoms with van der Waals surface area (Å²) in [7, 11) is 4.17. The maximum absolute atomic E-state index is 14.0. The van der Waals surface area contributed by atoms with E-state index in [1.807, 2.05) is 109 Å². The Labute approximate surface area is 358 Å². The van der Waals surface area contributed by atoms with Crippen molar-refractivity contribution in [3.63, 3.8) is 0 Å². The van der Waals surface area contributed by atoms with Gasteiger partial charge in [0.05, 0.1) is 51.0 Å². The number of amides is 4. The summed E-state index contributed by atoms with van der Waals surface area (Å²) in [5.74, 6) is 1.50. The molecule has 4 N–H and O–H groups in total. The summed E-state index contributed by atoms with van der Waals surface area (Å²) < 4.78 is 15.5. The maximum atomic E-state index is 14.0. The number of hydrogen-bond acceptors (Lipinski definition) is 9. The minimum absolute atomic E-state index is 0.228. The van der Waals surface area contributed by atoms with Crippen molar-refractivity contribution in [1.82, 2.24) is 40.4 Å². The van der Waals surface area contributed by atoms with Crippen molar-refractivity contribution in [2.75, 3.05) is 34.4 Å². The molecule has 2 aliphatic rings. The van der Waals surface area contributed by atoms with Crippen LogP contribution in [0.2, 0.25) is 0 Å². The van der Waals surface area contributed by atoms with E-state index in [0.29, 0.717) is 53.7 Å². The van der Waals surface area contributed by atoms with Gasteiger partial charge in [-0.05, 0) is 65.6 Å². The van der Waals surface area contributed by atoms with E-state index in [2.05, 4.69) is 20.6 Å². The van der Waals surface area contributed by atoms with E-state index in [1.54, 1.807) is 23.1 Å². The van der Waals surface area contributed by atoms with Gasteiger partial charge in [0, 0.05) is 24.8 Å². The number of benzene rings is 4. The summed E-state index contributed by atoms with van der Waals surface area (Å²) in [6, 6.07) is 29.9. The number of hydrogen-bond donors (Lipinski definition) is 4. The zero-order valence-electron chi connectivity index (χ0n) is 34.7. The molecule has 6 aromatic rings. The number of carbonyl (C=O) groups is 4. The molecule has 62 heavy (non-hydrogen) atoms. The normalized spacial score (nSPS) is 17.0. The molecule has 0 saturated carbocycles. The highest BCUT2D eigenvalue weighted by atomic mass is 16.5. The first kappa shape index (κ1) is 41.3. The molecule has 2 aliphatic heterocycles. The second kappa shape index (κ2) is 18.5. The Kier molecular flexibility index (Phi) is 12.3. The SMILES string of the molecule is COC(=O)N[C@@H](C(=O)N1CCC[C@H]1c1nc(-c2cc(-c3ccc(-c4cnc([C@@H]5CCCN5C(=O)[C@H](NC(=O)OC)c5ccccc5)[nH]4)cc3)ccc2OC)c[nH]1)c1ccccc1. The van der Waals surface area contributed by atoms with Crippen molar-refractivity contribution in [3.8, 4) is 39.4 Å². The summed E-state index contributed by atoms with van der Waals surface area (Å²) in [5.41, 5.74) is 6.45. The first-order valence-electron chi connectivity index (χ1n) is 20.6. The van der Waals surface area contributed by atoms with Gasteiger partial charge in [-0.1, -0.05) is 91.0 Å². The lowest BCUT2D eigenvalue weighted by Crippen LogP contribution is -2.42. The van der Waals surface area contributed by atoms with Gasteiger partial charge in [0.2, 0.25) is 0 Å². The predicted octanol–water partition coefficient (Wildman–Crippen LogP) is 7.66. The van der Waals surface area contributed by atoms with Crippen molar-refractivity contribution in [1.29, 1.82) is 0 Å². The Bertz CT molecular complexity index is 2520. The van der Waals surface area contributed by atoms with Gasteiger partial charge in [-0.3, -0.25) is 9.59 Å². The number of H-pyrrole nitrogens is 2. The lowest BCUT2D eigenvalue weighted by atomic mass is 9.99. The Morgan fingerprint density at radius 2 is 1.21 bits per heavy atom. The van der Waals surface area contributed by atoms with Gasteiger partial charge in [0.25, 0.3) is 11.8 Å². The molecular weight excluding hydrogens is 789 g/mol. The van der Waals surface area contributed by atoms with E-state index in [1.165, 1.54) is 14.2 Å². The molecule has 2 fully saturated rings. The van der Waals surface area contributed by atoms with Crippen LogP contribution < -0.4 is 15.4 Å². The van der Waals surface area contributed by atoms with E-state index in [9.17, 15) is 19.2 Å². The molecule has 4 aromatic carbocycles. The molecular formula is C47H48N8O7. The zero-order valence-corrected chi connectivity index (χ0v) is 34.7. The molecule has 0 bridgehead atoms. The molecule has 0 spiro atoms. The number of rotatable bonds is 12. The largest absolute Gasteiger partial charge is 0.496 e. The van der Waals surface area contributed by atoms with Gasteiger partial charge < -0.3 is 44.6 Å². The summed E-state index contributed by atoms with van der Waals surface area (Å²) >= 11 is 0. The predicted molar refractivity (Wildman–Crippen MR) is 230 cm³/mol. The smallest absolute Gasteiger partial charge is 0.407 e. The van der Waals surface area contributed by atoms with Gasteiger partial charge in [0.15, 0.2) is 0 Å². The van der Waals surface area contributed by atoms with Crippen LogP contribution in [0.5, 0.6) is 5.75 Å². The number of nitrogens with one attached hydrogen (secondary N) is 4. The third-order valence-corrected chi connectivity index (χ3v) is 11.6. The van der Waals surface area contributed by atoms with E-state index in [-0.39, 0.29) is 23.9 Å². The van der Waals surface area contributed by atoms with E-state index < -0.39 is 24.3 Å². The fourth-order valence-electron chi connectivity index (χ4n) is 8.41. The molecule has 2 aromatic heterocycles. The van der Waals surface area contributed by atoms with Gasteiger partial charge in [-0.25, -0.2) is 19.6 Å². The molecule has 0 radical (unpaired) electrons. The summed E-state index contributed by atoms with van der Waals surface area (Å²) in [6.45, 7) is 1.05. The van der Waals surface area contributed by atoms with Crippen molar-refractivity contribution in [3.05, 3.63) is 138 Å². The lowest BCUT2D eigenvalue weighted by Gasteiger charge is -2.28. The van der Waals surface area contributed by atoms with Crippen molar-refractivity contribution < 1.29 is 33.4 Å². The highest BCUT2D eigenvalue weighted by Crippen LogP contribution is 2.38. The van der Waals surface area contributed by atoms with E-state index >= 15 is 0 Å². The second-order valence-corrected chi connectivity index (χ2v) is 15.2. The molecule has 4 heterocycles. The van der Waals surface area contributed by atoms with Gasteiger partial charge in [-0.15, -0.1) is 0 Å². The van der Waals surface area contributed by atoms with Gasteiger partial charge in [0.1, 0.15) is 29.5 Å². The Balaban J connectivity index is 0.986. The van der Waals surface area contributed by atoms with Crippen molar-refractivity contribution in [2.45, 2.75) is 49.9 Å². The van der Waals surface area contributed by atoms with Crippen LogP contribution in [-0.2, 0) is 19.1 Å². The highest BCUT2D eigenvalue weighted by molar-refractivity contribution is 5.88. The number of likely N-dealkylation sites (tertiary alicyclic amines) is 2. The minimum Gasteiger partial charge on any atom is -0.496 e. The standard InChI is InChI=1S/C47H48N8O7/c1-60-39-23-22-33(26-34(39)36-28-49-43(51-36)38-17-11-25-55(38)45(57)41(53-47(59)62-3)32-14-8-5-9-15-32)29-18-20-30(21-19-29)35-27-48-42(50-35)37-16-10-24-54(37)44(56)40(52-46(58)61-2)31-12-6-4-7-13-31/h4-9,12-15,18-23,26-28,37-38,40-41H,10-11,16-17,24-25H2,1-3H3,(H,48,50)(H,49,51)(H,52,58)(H,53,59)/t37-,38-,40+,41+/m0/s1. The third kappa shape index (κ3) is 8.59. The average Bonchev–Trinajstić information content (AvgIpc) is 4.17. The van der Waals surface area contributed by atoms with Crippen LogP contribution in [-0.4, -0.2) is 88.2 Å². The first-order chi connectivity index (χ1) is 30.3. The quantitative estimate of drug-likeness (QED) is 0.0961. The van der Waals surface area contributed by atoms with Crippen LogP contribution in [0.3, 0.4) is 0 Å². The molecule has 318 valence electrons. The fraction of sp³-hybridized carbons (Fsp3) is 0.277. The molecule has 8 rings (SSSR count). The molecule has 4 atom stereocenters. The summed E-state index contributed by atoms with van der Waals surface area (Å²) in [4.78, 5) is 72.6. The highest BCUT2D eigenvalue weighted by Gasteiger charge is 2.38. The van der Waals surface area contributed by atoms with Crippen LogP contribution in [0, 0.1) is 0 Å². The Morgan fingerprint density at radius 3 is 1.76 bits per heavy atom. The number of aromatic amines is 2. The third-order valence-electron chi connectivity index (χ3n) is 11.6. The van der Waals surface area contributed by atoms with E-state index in [0.717, 1.165) is 47.2 Å². The average molecular weight is 837 g/mol. The summed E-state index contributed by atoms with van der Waals surface area (Å²) in [5, 5.41) is 5.42. The second-order valence-electron chi connectivity index (χ2n) is 15.2. The number of carbonyl (C=O) groups excluding carboxylic acids is 4.